The molecule has 156 valence electrons. The van der Waals surface area contributed by atoms with E-state index in [1.54, 1.807) is 4.90 Å². The van der Waals surface area contributed by atoms with Gasteiger partial charge in [-0.1, -0.05) is 54.8 Å². The van der Waals surface area contributed by atoms with Crippen LogP contribution in [0.5, 0.6) is 0 Å². The third-order valence-corrected chi connectivity index (χ3v) is 6.10. The van der Waals surface area contributed by atoms with Crippen molar-refractivity contribution in [3.63, 3.8) is 0 Å². The number of hydrogen-bond acceptors (Lipinski definition) is 3. The number of rotatable bonds is 4. The first-order valence-electron chi connectivity index (χ1n) is 10.8. The maximum atomic E-state index is 13.4. The Bertz CT molecular complexity index is 970. The van der Waals surface area contributed by atoms with Crippen LogP contribution in [0.2, 0.25) is 0 Å². The predicted molar refractivity (Wildman–Crippen MR) is 120 cm³/mol. The van der Waals surface area contributed by atoms with Crippen molar-refractivity contribution in [1.29, 1.82) is 0 Å². The van der Waals surface area contributed by atoms with Gasteiger partial charge in [-0.3, -0.25) is 14.6 Å². The second kappa shape index (κ2) is 8.42. The fourth-order valence-corrected chi connectivity index (χ4v) is 4.50. The van der Waals surface area contributed by atoms with E-state index in [-0.39, 0.29) is 18.4 Å². The van der Waals surface area contributed by atoms with Crippen molar-refractivity contribution in [3.8, 4) is 0 Å². The number of aliphatic imine (C=N–C) groups is 1. The molecule has 5 heteroatoms. The molecule has 30 heavy (non-hydrogen) atoms. The zero-order valence-corrected chi connectivity index (χ0v) is 17.8. The van der Waals surface area contributed by atoms with Crippen LogP contribution < -0.4 is 5.32 Å². The summed E-state index contributed by atoms with van der Waals surface area (Å²) in [6.07, 6.45) is 5.96. The molecule has 5 nitrogen and oxygen atoms in total. The number of anilines is 1. The number of amides is 2. The summed E-state index contributed by atoms with van der Waals surface area (Å²) in [6.45, 7) is 4.03. The van der Waals surface area contributed by atoms with E-state index in [1.807, 2.05) is 62.4 Å². The monoisotopic (exact) mass is 403 g/mol. The highest BCUT2D eigenvalue weighted by atomic mass is 16.2. The van der Waals surface area contributed by atoms with E-state index < -0.39 is 5.66 Å². The van der Waals surface area contributed by atoms with Crippen LogP contribution in [-0.2, 0) is 9.59 Å². The van der Waals surface area contributed by atoms with Crippen molar-refractivity contribution >= 4 is 23.2 Å². The number of nitrogens with zero attached hydrogens (tertiary/aromatic N) is 2. The van der Waals surface area contributed by atoms with E-state index in [2.05, 4.69) is 5.32 Å². The van der Waals surface area contributed by atoms with E-state index in [9.17, 15) is 9.59 Å². The van der Waals surface area contributed by atoms with Gasteiger partial charge in [-0.05, 0) is 57.2 Å². The van der Waals surface area contributed by atoms with E-state index in [0.29, 0.717) is 5.71 Å². The van der Waals surface area contributed by atoms with E-state index in [1.165, 1.54) is 0 Å². The number of hydrogen-bond donors (Lipinski definition) is 1. The minimum absolute atomic E-state index is 0.0195. The molecule has 1 aliphatic heterocycles. The maximum Gasteiger partial charge on any atom is 0.275 e. The molecule has 2 aliphatic rings. The van der Waals surface area contributed by atoms with Gasteiger partial charge >= 0.3 is 0 Å². The van der Waals surface area contributed by atoms with E-state index in [0.717, 1.165) is 60.9 Å². The molecule has 0 unspecified atom stereocenters. The van der Waals surface area contributed by atoms with Crippen molar-refractivity contribution in [1.82, 2.24) is 4.90 Å². The van der Waals surface area contributed by atoms with Gasteiger partial charge in [-0.15, -0.1) is 0 Å². The Morgan fingerprint density at radius 3 is 2.37 bits per heavy atom. The van der Waals surface area contributed by atoms with Crippen molar-refractivity contribution in [2.24, 2.45) is 4.99 Å². The van der Waals surface area contributed by atoms with Gasteiger partial charge in [-0.25, -0.2) is 0 Å². The Balaban J connectivity index is 1.60. The average molecular weight is 404 g/mol. The smallest absolute Gasteiger partial charge is 0.275 e. The zero-order valence-electron chi connectivity index (χ0n) is 17.8. The number of benzene rings is 2. The summed E-state index contributed by atoms with van der Waals surface area (Å²) in [6, 6.07) is 15.6. The Morgan fingerprint density at radius 1 is 1.00 bits per heavy atom. The molecule has 2 amide bonds. The van der Waals surface area contributed by atoms with Gasteiger partial charge < -0.3 is 10.2 Å². The van der Waals surface area contributed by atoms with Gasteiger partial charge in [0.1, 0.15) is 17.9 Å². The van der Waals surface area contributed by atoms with Crippen LogP contribution in [0.25, 0.3) is 0 Å². The largest absolute Gasteiger partial charge is 0.325 e. The zero-order chi connectivity index (χ0) is 21.1. The molecule has 0 aromatic heterocycles. The molecule has 1 aliphatic carbocycles. The van der Waals surface area contributed by atoms with Crippen molar-refractivity contribution in [2.75, 3.05) is 11.9 Å². The highest BCUT2D eigenvalue weighted by Gasteiger charge is 2.47. The van der Waals surface area contributed by atoms with Crippen LogP contribution in [0.1, 0.15) is 55.2 Å². The van der Waals surface area contributed by atoms with Crippen LogP contribution >= 0.6 is 0 Å². The minimum Gasteiger partial charge on any atom is -0.325 e. The standard InChI is InChI=1S/C25H29N3O2/c1-18-10-12-20(13-11-18)23-24(30)28(25(27-23)14-5-3-4-6-15-25)17-22(29)26-21-9-7-8-19(2)16-21/h7-13,16H,3-6,14-15,17H2,1-2H3,(H,26,29). The highest BCUT2D eigenvalue weighted by molar-refractivity contribution is 6.47. The van der Waals surface area contributed by atoms with Crippen LogP contribution in [0.4, 0.5) is 5.69 Å². The van der Waals surface area contributed by atoms with Crippen LogP contribution in [0, 0.1) is 13.8 Å². The van der Waals surface area contributed by atoms with Crippen LogP contribution in [0.15, 0.2) is 53.5 Å². The molecule has 2 aromatic carbocycles. The summed E-state index contributed by atoms with van der Waals surface area (Å²) in [7, 11) is 0. The predicted octanol–water partition coefficient (Wildman–Crippen LogP) is 4.62. The third kappa shape index (κ3) is 4.16. The molecule has 1 fully saturated rings. The summed E-state index contributed by atoms with van der Waals surface area (Å²) >= 11 is 0. The fourth-order valence-electron chi connectivity index (χ4n) is 4.50. The lowest BCUT2D eigenvalue weighted by Crippen LogP contribution is -2.50. The normalized spacial score (nSPS) is 18.3. The number of aryl methyl sites for hydroxylation is 2. The molecule has 1 saturated carbocycles. The van der Waals surface area contributed by atoms with E-state index >= 15 is 0 Å². The van der Waals surface area contributed by atoms with Crippen LogP contribution in [0.3, 0.4) is 0 Å². The Kier molecular flexibility index (Phi) is 5.71. The molecule has 1 spiro atoms. The molecule has 0 atom stereocenters. The first kappa shape index (κ1) is 20.3. The van der Waals surface area contributed by atoms with Gasteiger partial charge in [0.25, 0.3) is 5.91 Å². The molecular weight excluding hydrogens is 374 g/mol. The molecule has 0 bridgehead atoms. The SMILES string of the molecule is Cc1ccc(C2=NC3(CCCCCC3)N(CC(=O)Nc3cccc(C)c3)C2=O)cc1. The molecule has 1 heterocycles. The Labute approximate surface area is 178 Å². The summed E-state index contributed by atoms with van der Waals surface area (Å²) in [5.74, 6) is -0.321. The quantitative estimate of drug-likeness (QED) is 0.809. The van der Waals surface area contributed by atoms with Crippen molar-refractivity contribution in [2.45, 2.75) is 58.0 Å². The first-order valence-corrected chi connectivity index (χ1v) is 10.8. The second-order valence-corrected chi connectivity index (χ2v) is 8.53. The lowest BCUT2D eigenvalue weighted by molar-refractivity contribution is -0.133. The van der Waals surface area contributed by atoms with Gasteiger partial charge in [0.15, 0.2) is 0 Å². The fraction of sp³-hybridized carbons (Fsp3) is 0.400. The Morgan fingerprint density at radius 2 is 1.70 bits per heavy atom. The van der Waals surface area contributed by atoms with Gasteiger partial charge in [0.05, 0.1) is 0 Å². The van der Waals surface area contributed by atoms with E-state index in [4.69, 9.17) is 4.99 Å². The van der Waals surface area contributed by atoms with Gasteiger partial charge in [0, 0.05) is 11.3 Å². The summed E-state index contributed by atoms with van der Waals surface area (Å²) in [5.41, 5.74) is 3.69. The lowest BCUT2D eigenvalue weighted by Gasteiger charge is -2.35. The highest BCUT2D eigenvalue weighted by Crippen LogP contribution is 2.38. The summed E-state index contributed by atoms with van der Waals surface area (Å²) in [5, 5.41) is 2.95. The number of carbonyl (C=O) groups is 2. The molecule has 0 saturated heterocycles. The third-order valence-electron chi connectivity index (χ3n) is 6.10. The van der Waals surface area contributed by atoms with Gasteiger partial charge in [0.2, 0.25) is 5.91 Å². The molecular formula is C25H29N3O2. The Hall–Kier alpha value is -2.95. The van der Waals surface area contributed by atoms with Gasteiger partial charge in [-0.2, -0.15) is 0 Å². The number of nitrogens with one attached hydrogen (secondary N) is 1. The van der Waals surface area contributed by atoms with Crippen molar-refractivity contribution < 1.29 is 9.59 Å². The first-order chi connectivity index (χ1) is 14.5. The molecule has 0 radical (unpaired) electrons. The summed E-state index contributed by atoms with van der Waals surface area (Å²) < 4.78 is 0. The van der Waals surface area contributed by atoms with Crippen molar-refractivity contribution in [3.05, 3.63) is 65.2 Å². The molecule has 4 rings (SSSR count). The van der Waals surface area contributed by atoms with Crippen LogP contribution in [-0.4, -0.2) is 34.6 Å². The maximum absolute atomic E-state index is 13.4. The minimum atomic E-state index is -0.599. The summed E-state index contributed by atoms with van der Waals surface area (Å²) in [4.78, 5) is 33.0. The average Bonchev–Trinajstić information content (AvgIpc) is 2.87. The second-order valence-electron chi connectivity index (χ2n) is 8.53. The molecule has 2 aromatic rings. The number of carbonyl (C=O) groups excluding carboxylic acids is 2. The topological polar surface area (TPSA) is 61.8 Å². The molecule has 1 N–H and O–H groups in total. The lowest BCUT2D eigenvalue weighted by atomic mass is 10.00.